The SMILES string of the molecule is Cc1ncn(CC(=O)c2ccccc2Br)c(=O)c1I. The first-order chi connectivity index (χ1) is 9.00. The number of halogens is 2. The average Bonchev–Trinajstić information content (AvgIpc) is 2.40. The molecule has 4 nitrogen and oxygen atoms in total. The molecule has 1 aromatic heterocycles. The van der Waals surface area contributed by atoms with E-state index in [-0.39, 0.29) is 17.9 Å². The summed E-state index contributed by atoms with van der Waals surface area (Å²) in [4.78, 5) is 28.3. The average molecular weight is 433 g/mol. The summed E-state index contributed by atoms with van der Waals surface area (Å²) < 4.78 is 2.60. The maximum atomic E-state index is 12.2. The first-order valence-electron chi connectivity index (χ1n) is 5.50. The van der Waals surface area contributed by atoms with E-state index in [2.05, 4.69) is 20.9 Å². The highest BCUT2D eigenvalue weighted by Crippen LogP contribution is 2.16. The van der Waals surface area contributed by atoms with Gasteiger partial charge in [0.15, 0.2) is 5.78 Å². The van der Waals surface area contributed by atoms with Crippen LogP contribution in [-0.2, 0) is 6.54 Å². The Morgan fingerprint density at radius 2 is 2.11 bits per heavy atom. The number of rotatable bonds is 3. The van der Waals surface area contributed by atoms with Gasteiger partial charge in [-0.15, -0.1) is 0 Å². The molecule has 0 fully saturated rings. The van der Waals surface area contributed by atoms with Crippen molar-refractivity contribution < 1.29 is 4.79 Å². The molecule has 0 aliphatic carbocycles. The first kappa shape index (κ1) is 14.4. The van der Waals surface area contributed by atoms with Crippen molar-refractivity contribution in [3.05, 3.63) is 60.2 Å². The predicted molar refractivity (Wildman–Crippen MR) is 84.4 cm³/mol. The summed E-state index contributed by atoms with van der Waals surface area (Å²) in [6.45, 7) is 1.76. The molecule has 0 saturated carbocycles. The highest BCUT2D eigenvalue weighted by Gasteiger charge is 2.12. The van der Waals surface area contributed by atoms with Crippen molar-refractivity contribution in [2.45, 2.75) is 13.5 Å². The van der Waals surface area contributed by atoms with Crippen LogP contribution in [0.25, 0.3) is 0 Å². The number of carbonyl (C=O) groups is 1. The van der Waals surface area contributed by atoms with Gasteiger partial charge in [-0.1, -0.05) is 34.1 Å². The van der Waals surface area contributed by atoms with Crippen molar-refractivity contribution in [3.63, 3.8) is 0 Å². The Kier molecular flexibility index (Phi) is 4.51. The molecule has 19 heavy (non-hydrogen) atoms. The lowest BCUT2D eigenvalue weighted by Gasteiger charge is -2.07. The third kappa shape index (κ3) is 3.11. The summed E-state index contributed by atoms with van der Waals surface area (Å²) in [5.41, 5.74) is 1.05. The lowest BCUT2D eigenvalue weighted by molar-refractivity contribution is 0.0969. The van der Waals surface area contributed by atoms with E-state index in [1.54, 1.807) is 25.1 Å². The van der Waals surface area contributed by atoms with Crippen LogP contribution in [0.1, 0.15) is 16.1 Å². The maximum Gasteiger partial charge on any atom is 0.267 e. The third-order valence-corrected chi connectivity index (χ3v) is 4.58. The number of aryl methyl sites for hydroxylation is 1. The Morgan fingerprint density at radius 1 is 1.42 bits per heavy atom. The van der Waals surface area contributed by atoms with Crippen molar-refractivity contribution in [2.75, 3.05) is 0 Å². The summed E-state index contributed by atoms with van der Waals surface area (Å²) >= 11 is 5.28. The van der Waals surface area contributed by atoms with Crippen LogP contribution in [0.15, 0.2) is 39.9 Å². The first-order valence-corrected chi connectivity index (χ1v) is 7.37. The van der Waals surface area contributed by atoms with E-state index in [1.807, 2.05) is 28.7 Å². The van der Waals surface area contributed by atoms with Crippen LogP contribution in [0.2, 0.25) is 0 Å². The standard InChI is InChI=1S/C13H10BrIN2O2/c1-8-12(15)13(19)17(7-16-8)6-11(18)9-4-2-3-5-10(9)14/h2-5,7H,6H2,1H3. The minimum Gasteiger partial charge on any atom is -0.292 e. The fourth-order valence-corrected chi connectivity index (χ4v) is 2.54. The minimum atomic E-state index is -0.187. The maximum absolute atomic E-state index is 12.2. The summed E-state index contributed by atoms with van der Waals surface area (Å²) in [6.07, 6.45) is 1.41. The molecule has 0 aliphatic rings. The molecule has 0 spiro atoms. The number of ketones is 1. The van der Waals surface area contributed by atoms with Crippen molar-refractivity contribution >= 4 is 44.3 Å². The van der Waals surface area contributed by atoms with E-state index < -0.39 is 0 Å². The third-order valence-electron chi connectivity index (χ3n) is 2.65. The van der Waals surface area contributed by atoms with Gasteiger partial charge in [0, 0.05) is 10.0 Å². The van der Waals surface area contributed by atoms with E-state index in [0.29, 0.717) is 14.8 Å². The second-order valence-corrected chi connectivity index (χ2v) is 5.91. The largest absolute Gasteiger partial charge is 0.292 e. The number of hydrogen-bond acceptors (Lipinski definition) is 3. The van der Waals surface area contributed by atoms with Crippen LogP contribution in [0.3, 0.4) is 0 Å². The van der Waals surface area contributed by atoms with Gasteiger partial charge in [-0.3, -0.25) is 14.2 Å². The minimum absolute atomic E-state index is 0.00920. The molecule has 6 heteroatoms. The number of benzene rings is 1. The van der Waals surface area contributed by atoms with E-state index in [4.69, 9.17) is 0 Å². The molecule has 0 atom stereocenters. The number of carbonyl (C=O) groups excluding carboxylic acids is 1. The molecule has 0 amide bonds. The predicted octanol–water partition coefficient (Wildman–Crippen LogP) is 2.80. The smallest absolute Gasteiger partial charge is 0.267 e. The zero-order valence-electron chi connectivity index (χ0n) is 10.1. The monoisotopic (exact) mass is 432 g/mol. The molecule has 0 radical (unpaired) electrons. The molecule has 2 aromatic rings. The van der Waals surface area contributed by atoms with Crippen LogP contribution < -0.4 is 5.56 Å². The molecule has 0 aliphatic heterocycles. The Morgan fingerprint density at radius 3 is 2.79 bits per heavy atom. The lowest BCUT2D eigenvalue weighted by Crippen LogP contribution is -2.27. The van der Waals surface area contributed by atoms with Crippen molar-refractivity contribution in [3.8, 4) is 0 Å². The summed E-state index contributed by atoms with van der Waals surface area (Å²) in [6, 6.07) is 7.15. The molecule has 0 unspecified atom stereocenters. The number of Topliss-reactive ketones (excluding diaryl/α,β-unsaturated/α-hetero) is 1. The van der Waals surface area contributed by atoms with Crippen molar-refractivity contribution in [1.29, 1.82) is 0 Å². The fraction of sp³-hybridized carbons (Fsp3) is 0.154. The normalized spacial score (nSPS) is 10.5. The lowest BCUT2D eigenvalue weighted by atomic mass is 10.1. The zero-order valence-corrected chi connectivity index (χ0v) is 13.8. The Hall–Kier alpha value is -1.02. The Balaban J connectivity index is 2.33. The van der Waals surface area contributed by atoms with Gasteiger partial charge in [-0.2, -0.15) is 0 Å². The van der Waals surface area contributed by atoms with Crippen LogP contribution in [0.4, 0.5) is 0 Å². The molecule has 1 aromatic carbocycles. The molecule has 0 bridgehead atoms. The van der Waals surface area contributed by atoms with Gasteiger partial charge in [0.2, 0.25) is 0 Å². The van der Waals surface area contributed by atoms with Crippen LogP contribution in [0, 0.1) is 10.5 Å². The van der Waals surface area contributed by atoms with Gasteiger partial charge in [0.1, 0.15) is 0 Å². The summed E-state index contributed by atoms with van der Waals surface area (Å²) in [5, 5.41) is 0. The molecule has 2 rings (SSSR count). The topological polar surface area (TPSA) is 52.0 Å². The Bertz CT molecular complexity index is 697. The quantitative estimate of drug-likeness (QED) is 0.553. The van der Waals surface area contributed by atoms with Gasteiger partial charge in [-0.25, -0.2) is 4.98 Å². The van der Waals surface area contributed by atoms with Crippen LogP contribution in [-0.4, -0.2) is 15.3 Å². The van der Waals surface area contributed by atoms with Crippen LogP contribution in [0.5, 0.6) is 0 Å². The van der Waals surface area contributed by atoms with Crippen molar-refractivity contribution in [2.24, 2.45) is 0 Å². The van der Waals surface area contributed by atoms with E-state index in [1.165, 1.54) is 10.9 Å². The molecule has 98 valence electrons. The zero-order chi connectivity index (χ0) is 14.0. The van der Waals surface area contributed by atoms with Gasteiger partial charge >= 0.3 is 0 Å². The van der Waals surface area contributed by atoms with E-state index in [9.17, 15) is 9.59 Å². The number of hydrogen-bond donors (Lipinski definition) is 0. The van der Waals surface area contributed by atoms with Gasteiger partial charge in [-0.05, 0) is 35.6 Å². The van der Waals surface area contributed by atoms with Crippen molar-refractivity contribution in [1.82, 2.24) is 9.55 Å². The van der Waals surface area contributed by atoms with E-state index in [0.717, 1.165) is 4.47 Å². The molecular weight excluding hydrogens is 423 g/mol. The second kappa shape index (κ2) is 5.96. The van der Waals surface area contributed by atoms with E-state index >= 15 is 0 Å². The summed E-state index contributed by atoms with van der Waals surface area (Å²) in [5.74, 6) is -0.129. The van der Waals surface area contributed by atoms with Gasteiger partial charge in [0.05, 0.1) is 22.1 Å². The van der Waals surface area contributed by atoms with Gasteiger partial charge < -0.3 is 0 Å². The second-order valence-electron chi connectivity index (χ2n) is 3.98. The number of aromatic nitrogens is 2. The number of nitrogens with zero attached hydrogens (tertiary/aromatic N) is 2. The molecule has 0 N–H and O–H groups in total. The highest BCUT2D eigenvalue weighted by atomic mass is 127. The Labute approximate surface area is 132 Å². The molecular formula is C13H10BrIN2O2. The molecule has 1 heterocycles. The summed E-state index contributed by atoms with van der Waals surface area (Å²) in [7, 11) is 0. The van der Waals surface area contributed by atoms with Gasteiger partial charge in [0.25, 0.3) is 5.56 Å². The van der Waals surface area contributed by atoms with Crippen LogP contribution >= 0.6 is 38.5 Å². The highest BCUT2D eigenvalue weighted by molar-refractivity contribution is 14.1. The fourth-order valence-electron chi connectivity index (χ4n) is 1.59. The molecule has 0 saturated heterocycles.